The summed E-state index contributed by atoms with van der Waals surface area (Å²) in [6.45, 7) is 12.3. The summed E-state index contributed by atoms with van der Waals surface area (Å²) in [6, 6.07) is 6.88. The van der Waals surface area contributed by atoms with Gasteiger partial charge in [0.2, 0.25) is 5.91 Å². The van der Waals surface area contributed by atoms with Crippen molar-refractivity contribution in [2.75, 3.05) is 32.7 Å². The molecule has 2 N–H and O–H groups in total. The number of likely N-dealkylation sites (tertiary alicyclic amines) is 2. The molecule has 8 nitrogen and oxygen atoms in total. The first-order chi connectivity index (χ1) is 18.3. The number of carbonyl (C=O) groups excluding carboxylic acids is 1. The summed E-state index contributed by atoms with van der Waals surface area (Å²) in [6.07, 6.45) is 6.15. The van der Waals surface area contributed by atoms with E-state index in [4.69, 9.17) is 0 Å². The number of piperidine rings is 1. The Morgan fingerprint density at radius 3 is 2.63 bits per heavy atom. The van der Waals surface area contributed by atoms with E-state index in [0.717, 1.165) is 61.3 Å². The highest BCUT2D eigenvalue weighted by molar-refractivity contribution is 5.92. The summed E-state index contributed by atoms with van der Waals surface area (Å²) in [5.74, 6) is 0.995. The summed E-state index contributed by atoms with van der Waals surface area (Å²) in [5.41, 5.74) is 9.46. The molecule has 8 heteroatoms. The number of pyridine rings is 1. The highest BCUT2D eigenvalue weighted by atomic mass is 16.3. The second-order valence-corrected chi connectivity index (χ2v) is 11.5. The van der Waals surface area contributed by atoms with Crippen molar-refractivity contribution in [3.05, 3.63) is 53.0 Å². The van der Waals surface area contributed by atoms with E-state index in [0.29, 0.717) is 24.9 Å². The average molecular weight is 515 g/mol. The quantitative estimate of drug-likeness (QED) is 0.412. The molecule has 0 bridgehead atoms. The van der Waals surface area contributed by atoms with Gasteiger partial charge in [-0.15, -0.1) is 0 Å². The van der Waals surface area contributed by atoms with Crippen LogP contribution in [0.5, 0.6) is 0 Å². The van der Waals surface area contributed by atoms with Gasteiger partial charge in [-0.3, -0.25) is 9.69 Å². The van der Waals surface area contributed by atoms with Crippen LogP contribution in [-0.4, -0.2) is 79.2 Å². The van der Waals surface area contributed by atoms with Gasteiger partial charge in [0.25, 0.3) is 0 Å². The standard InChI is InChI=1S/C30H38N6O2/c1-18(2)28-24-13-22(21-7-11-35(12-8-21)27(38)16-34-10-9-23(37)14-34)5-6-26(24)33-29(28)25-15-36-30(31-17-32-36)20(4)19(25)3/h5-6,13,15,17-18,21,23,33,37H,7-12,14,16H2,1-4H3/t23-/m0/s1. The molecule has 2 saturated heterocycles. The first-order valence-corrected chi connectivity index (χ1v) is 13.9. The highest BCUT2D eigenvalue weighted by Crippen LogP contribution is 2.40. The highest BCUT2D eigenvalue weighted by Gasteiger charge is 2.28. The number of hydrogen-bond acceptors (Lipinski definition) is 5. The Labute approximate surface area is 223 Å². The van der Waals surface area contributed by atoms with Gasteiger partial charge in [0.15, 0.2) is 5.65 Å². The zero-order valence-corrected chi connectivity index (χ0v) is 22.9. The number of fused-ring (bicyclic) bond motifs is 2. The molecule has 2 fully saturated rings. The van der Waals surface area contributed by atoms with E-state index < -0.39 is 0 Å². The molecule has 0 unspecified atom stereocenters. The minimum absolute atomic E-state index is 0.195. The summed E-state index contributed by atoms with van der Waals surface area (Å²) >= 11 is 0. The molecule has 0 saturated carbocycles. The molecule has 200 valence electrons. The number of aliphatic hydroxyl groups is 1. The molecule has 1 atom stereocenters. The number of H-pyrrole nitrogens is 1. The molecule has 1 aromatic carbocycles. The lowest BCUT2D eigenvalue weighted by Gasteiger charge is -2.33. The molecule has 2 aliphatic rings. The van der Waals surface area contributed by atoms with E-state index in [1.807, 2.05) is 9.42 Å². The van der Waals surface area contributed by atoms with Crippen LogP contribution in [-0.2, 0) is 4.79 Å². The molecule has 0 aliphatic carbocycles. The van der Waals surface area contributed by atoms with Gasteiger partial charge in [-0.1, -0.05) is 19.9 Å². The third-order valence-corrected chi connectivity index (χ3v) is 8.76. The number of benzene rings is 1. The zero-order chi connectivity index (χ0) is 26.6. The number of aromatic nitrogens is 4. The van der Waals surface area contributed by atoms with Crippen molar-refractivity contribution < 1.29 is 9.90 Å². The summed E-state index contributed by atoms with van der Waals surface area (Å²) in [5, 5.41) is 15.5. The van der Waals surface area contributed by atoms with Crippen LogP contribution in [0, 0.1) is 13.8 Å². The SMILES string of the molecule is Cc1c(-c2[nH]c3ccc(C4CCN(C(=O)CN5CC[C@H](O)C5)CC4)cc3c2C(C)C)cn2ncnc2c1C. The van der Waals surface area contributed by atoms with Crippen molar-refractivity contribution in [1.82, 2.24) is 29.4 Å². The Morgan fingerprint density at radius 1 is 1.13 bits per heavy atom. The maximum atomic E-state index is 12.8. The Balaban J connectivity index is 1.26. The molecular weight excluding hydrogens is 476 g/mol. The number of β-amino-alcohol motifs (C(OH)–C–C–N with tert-alkyl or cyclic N) is 1. The van der Waals surface area contributed by atoms with E-state index >= 15 is 0 Å². The van der Waals surface area contributed by atoms with Crippen LogP contribution in [0.1, 0.15) is 67.2 Å². The second-order valence-electron chi connectivity index (χ2n) is 11.5. The van der Waals surface area contributed by atoms with Crippen LogP contribution in [0.2, 0.25) is 0 Å². The average Bonchev–Trinajstić information content (AvgIpc) is 3.64. The lowest BCUT2D eigenvalue weighted by Crippen LogP contribution is -2.43. The molecule has 2 aliphatic heterocycles. The van der Waals surface area contributed by atoms with Gasteiger partial charge in [-0.2, -0.15) is 5.10 Å². The third-order valence-electron chi connectivity index (χ3n) is 8.76. The minimum atomic E-state index is -0.286. The predicted molar refractivity (Wildman–Crippen MR) is 149 cm³/mol. The maximum Gasteiger partial charge on any atom is 0.236 e. The third kappa shape index (κ3) is 4.39. The molecular formula is C30H38N6O2. The molecule has 4 aromatic rings. The molecule has 3 aromatic heterocycles. The lowest BCUT2D eigenvalue weighted by atomic mass is 9.87. The van der Waals surface area contributed by atoms with Crippen molar-refractivity contribution in [3.63, 3.8) is 0 Å². The molecule has 0 radical (unpaired) electrons. The van der Waals surface area contributed by atoms with Crippen LogP contribution < -0.4 is 0 Å². The summed E-state index contributed by atoms with van der Waals surface area (Å²) in [7, 11) is 0. The summed E-state index contributed by atoms with van der Waals surface area (Å²) in [4.78, 5) is 25.1. The van der Waals surface area contributed by atoms with E-state index in [9.17, 15) is 9.90 Å². The number of rotatable bonds is 5. The van der Waals surface area contributed by atoms with Crippen molar-refractivity contribution in [2.24, 2.45) is 0 Å². The second kappa shape index (κ2) is 9.82. The first-order valence-electron chi connectivity index (χ1n) is 13.9. The van der Waals surface area contributed by atoms with Gasteiger partial charge in [-0.05, 0) is 79.3 Å². The topological polar surface area (TPSA) is 89.8 Å². The van der Waals surface area contributed by atoms with Gasteiger partial charge in [0.1, 0.15) is 6.33 Å². The fraction of sp³-hybridized carbons (Fsp3) is 0.500. The van der Waals surface area contributed by atoms with Gasteiger partial charge in [-0.25, -0.2) is 9.50 Å². The zero-order valence-electron chi connectivity index (χ0n) is 22.9. The van der Waals surface area contributed by atoms with Crippen LogP contribution in [0.4, 0.5) is 0 Å². The fourth-order valence-corrected chi connectivity index (χ4v) is 6.46. The van der Waals surface area contributed by atoms with Crippen molar-refractivity contribution in [3.8, 4) is 11.3 Å². The number of aromatic amines is 1. The van der Waals surface area contributed by atoms with Gasteiger partial charge in [0, 0.05) is 48.8 Å². The Kier molecular flexibility index (Phi) is 6.48. The molecule has 5 heterocycles. The Hall–Kier alpha value is -3.23. The van der Waals surface area contributed by atoms with E-state index in [2.05, 4.69) is 72.1 Å². The first kappa shape index (κ1) is 25.1. The monoisotopic (exact) mass is 514 g/mol. The lowest BCUT2D eigenvalue weighted by molar-refractivity contribution is -0.133. The van der Waals surface area contributed by atoms with Gasteiger partial charge < -0.3 is 15.0 Å². The van der Waals surface area contributed by atoms with E-state index in [1.165, 1.54) is 27.6 Å². The maximum absolute atomic E-state index is 12.8. The molecule has 0 spiro atoms. The number of nitrogens with one attached hydrogen (secondary N) is 1. The van der Waals surface area contributed by atoms with Crippen LogP contribution >= 0.6 is 0 Å². The van der Waals surface area contributed by atoms with Crippen molar-refractivity contribution in [1.29, 1.82) is 0 Å². The number of aliphatic hydroxyl groups excluding tert-OH is 1. The summed E-state index contributed by atoms with van der Waals surface area (Å²) < 4.78 is 1.87. The van der Waals surface area contributed by atoms with Gasteiger partial charge >= 0.3 is 0 Å². The largest absolute Gasteiger partial charge is 0.392 e. The number of carbonyl (C=O) groups is 1. The Morgan fingerprint density at radius 2 is 1.92 bits per heavy atom. The number of hydrogen-bond donors (Lipinski definition) is 2. The van der Waals surface area contributed by atoms with Crippen LogP contribution in [0.15, 0.2) is 30.7 Å². The van der Waals surface area contributed by atoms with Gasteiger partial charge in [0.05, 0.1) is 18.3 Å². The van der Waals surface area contributed by atoms with Crippen LogP contribution in [0.3, 0.4) is 0 Å². The molecule has 38 heavy (non-hydrogen) atoms. The fourth-order valence-electron chi connectivity index (χ4n) is 6.46. The molecule has 1 amide bonds. The van der Waals surface area contributed by atoms with Crippen molar-refractivity contribution in [2.45, 2.75) is 64.9 Å². The smallest absolute Gasteiger partial charge is 0.236 e. The van der Waals surface area contributed by atoms with Crippen LogP contribution in [0.25, 0.3) is 27.8 Å². The molecule has 6 rings (SSSR count). The number of aryl methyl sites for hydroxylation is 1. The Bertz CT molecular complexity index is 1490. The predicted octanol–water partition coefficient (Wildman–Crippen LogP) is 4.39. The van der Waals surface area contributed by atoms with E-state index in [1.54, 1.807) is 6.33 Å². The van der Waals surface area contributed by atoms with Crippen molar-refractivity contribution >= 4 is 22.5 Å². The number of amides is 1. The number of nitrogens with zero attached hydrogens (tertiary/aromatic N) is 5. The normalized spacial score (nSPS) is 19.4. The minimum Gasteiger partial charge on any atom is -0.392 e. The van der Waals surface area contributed by atoms with E-state index in [-0.39, 0.29) is 12.0 Å².